The summed E-state index contributed by atoms with van der Waals surface area (Å²) in [5, 5.41) is 20.0. The van der Waals surface area contributed by atoms with Gasteiger partial charge in [-0.05, 0) is 40.7 Å². The molecule has 0 amide bonds. The lowest BCUT2D eigenvalue weighted by atomic mass is 9.97. The fourth-order valence-electron chi connectivity index (χ4n) is 3.05. The molecule has 0 aliphatic heterocycles. The molecule has 1 aliphatic rings. The third-order valence-corrected chi connectivity index (χ3v) is 5.28. The molecular weight excluding hydrogens is 322 g/mol. The van der Waals surface area contributed by atoms with Gasteiger partial charge in [0.05, 0.1) is 12.3 Å². The predicted octanol–water partition coefficient (Wildman–Crippen LogP) is 3.53. The van der Waals surface area contributed by atoms with Crippen LogP contribution in [0.5, 0.6) is 0 Å². The molecular formula is C18H17N3O2S. The van der Waals surface area contributed by atoms with E-state index in [1.807, 2.05) is 4.57 Å². The Balaban J connectivity index is 1.67. The van der Waals surface area contributed by atoms with Crippen molar-refractivity contribution in [2.24, 2.45) is 0 Å². The maximum absolute atomic E-state index is 10.8. The SMILES string of the molecule is O=C(O)CSc1nncn1Cc1ccc(C2CC2)c2ccccc12. The molecule has 1 fully saturated rings. The molecule has 0 bridgehead atoms. The molecule has 0 saturated heterocycles. The molecule has 1 saturated carbocycles. The molecule has 0 spiro atoms. The van der Waals surface area contributed by atoms with Gasteiger partial charge in [-0.3, -0.25) is 4.79 Å². The molecule has 1 N–H and O–H groups in total. The molecule has 6 heteroatoms. The fourth-order valence-corrected chi connectivity index (χ4v) is 3.68. The van der Waals surface area contributed by atoms with Crippen LogP contribution >= 0.6 is 11.8 Å². The lowest BCUT2D eigenvalue weighted by Gasteiger charge is -2.12. The van der Waals surface area contributed by atoms with Crippen LogP contribution in [0.1, 0.15) is 29.9 Å². The van der Waals surface area contributed by atoms with Gasteiger partial charge in [0.25, 0.3) is 0 Å². The average Bonchev–Trinajstić information content (AvgIpc) is 3.33. The maximum atomic E-state index is 10.8. The highest BCUT2D eigenvalue weighted by Gasteiger charge is 2.25. The second-order valence-electron chi connectivity index (χ2n) is 6.06. The van der Waals surface area contributed by atoms with E-state index >= 15 is 0 Å². The van der Waals surface area contributed by atoms with Crippen molar-refractivity contribution in [1.29, 1.82) is 0 Å². The van der Waals surface area contributed by atoms with Gasteiger partial charge in [-0.15, -0.1) is 10.2 Å². The van der Waals surface area contributed by atoms with Crippen LogP contribution in [-0.2, 0) is 11.3 Å². The largest absolute Gasteiger partial charge is 0.481 e. The zero-order valence-corrected chi connectivity index (χ0v) is 13.9. The van der Waals surface area contributed by atoms with Crippen LogP contribution in [0.3, 0.4) is 0 Å². The van der Waals surface area contributed by atoms with Crippen molar-refractivity contribution in [3.63, 3.8) is 0 Å². The van der Waals surface area contributed by atoms with E-state index in [2.05, 4.69) is 46.6 Å². The van der Waals surface area contributed by atoms with Crippen LogP contribution in [0.25, 0.3) is 10.8 Å². The zero-order chi connectivity index (χ0) is 16.5. The van der Waals surface area contributed by atoms with Crippen molar-refractivity contribution >= 4 is 28.5 Å². The molecule has 0 radical (unpaired) electrons. The number of carboxylic acid groups (broad SMARTS) is 1. The molecule has 5 nitrogen and oxygen atoms in total. The summed E-state index contributed by atoms with van der Waals surface area (Å²) in [5.41, 5.74) is 2.64. The Morgan fingerprint density at radius 1 is 1.21 bits per heavy atom. The zero-order valence-electron chi connectivity index (χ0n) is 13.1. The minimum atomic E-state index is -0.853. The van der Waals surface area contributed by atoms with Gasteiger partial charge < -0.3 is 9.67 Å². The van der Waals surface area contributed by atoms with Crippen LogP contribution in [-0.4, -0.2) is 31.6 Å². The molecule has 1 heterocycles. The predicted molar refractivity (Wildman–Crippen MR) is 93.4 cm³/mol. The number of hydrogen-bond donors (Lipinski definition) is 1. The summed E-state index contributed by atoms with van der Waals surface area (Å²) in [4.78, 5) is 10.8. The van der Waals surface area contributed by atoms with Gasteiger partial charge in [0.2, 0.25) is 0 Å². The van der Waals surface area contributed by atoms with Gasteiger partial charge in [0, 0.05) is 0 Å². The van der Waals surface area contributed by atoms with Gasteiger partial charge in [0.1, 0.15) is 6.33 Å². The number of nitrogens with zero attached hydrogens (tertiary/aromatic N) is 3. The van der Waals surface area contributed by atoms with Crippen LogP contribution in [0, 0.1) is 0 Å². The van der Waals surface area contributed by atoms with Gasteiger partial charge >= 0.3 is 5.97 Å². The minimum absolute atomic E-state index is 0.0138. The second-order valence-corrected chi connectivity index (χ2v) is 7.00. The van der Waals surface area contributed by atoms with Gasteiger partial charge in [-0.1, -0.05) is 48.2 Å². The number of carboxylic acids is 1. The highest BCUT2D eigenvalue weighted by molar-refractivity contribution is 7.99. The van der Waals surface area contributed by atoms with Crippen LogP contribution in [0.15, 0.2) is 47.9 Å². The Bertz CT molecular complexity index is 902. The molecule has 4 rings (SSSR count). The highest BCUT2D eigenvalue weighted by atomic mass is 32.2. The molecule has 0 atom stereocenters. The molecule has 0 unspecified atom stereocenters. The fraction of sp³-hybridized carbons (Fsp3) is 0.278. The summed E-state index contributed by atoms with van der Waals surface area (Å²) in [6.45, 7) is 0.639. The average molecular weight is 339 g/mol. The first-order valence-corrected chi connectivity index (χ1v) is 8.94. The summed E-state index contributed by atoms with van der Waals surface area (Å²) in [5.74, 6) is -0.158. The van der Waals surface area contributed by atoms with Gasteiger partial charge in [0.15, 0.2) is 5.16 Å². The quantitative estimate of drug-likeness (QED) is 0.696. The van der Waals surface area contributed by atoms with E-state index in [4.69, 9.17) is 5.11 Å². The van der Waals surface area contributed by atoms with E-state index in [-0.39, 0.29) is 5.75 Å². The molecule has 2 aromatic carbocycles. The summed E-state index contributed by atoms with van der Waals surface area (Å²) in [7, 11) is 0. The van der Waals surface area contributed by atoms with Gasteiger partial charge in [-0.25, -0.2) is 0 Å². The van der Waals surface area contributed by atoms with Crippen LogP contribution < -0.4 is 0 Å². The monoisotopic (exact) mass is 339 g/mol. The van der Waals surface area contributed by atoms with Crippen molar-refractivity contribution < 1.29 is 9.90 Å². The summed E-state index contributed by atoms with van der Waals surface area (Å²) < 4.78 is 1.91. The number of fused-ring (bicyclic) bond motifs is 1. The third kappa shape index (κ3) is 3.01. The molecule has 1 aliphatic carbocycles. The number of carbonyl (C=O) groups is 1. The Kier molecular flexibility index (Phi) is 3.98. The van der Waals surface area contributed by atoms with E-state index in [0.29, 0.717) is 17.6 Å². The van der Waals surface area contributed by atoms with Crippen LogP contribution in [0.2, 0.25) is 0 Å². The van der Waals surface area contributed by atoms with Crippen molar-refractivity contribution in [2.75, 3.05) is 5.75 Å². The topological polar surface area (TPSA) is 68.0 Å². The number of aliphatic carboxylic acids is 1. The van der Waals surface area contributed by atoms with E-state index in [9.17, 15) is 4.79 Å². The van der Waals surface area contributed by atoms with Crippen molar-refractivity contribution in [1.82, 2.24) is 14.8 Å². The maximum Gasteiger partial charge on any atom is 0.313 e. The molecule has 122 valence electrons. The minimum Gasteiger partial charge on any atom is -0.481 e. The Morgan fingerprint density at radius 3 is 2.75 bits per heavy atom. The number of aromatic nitrogens is 3. The molecule has 3 aromatic rings. The summed E-state index contributed by atoms with van der Waals surface area (Å²) >= 11 is 1.19. The first-order chi connectivity index (χ1) is 11.7. The number of benzene rings is 2. The molecule has 24 heavy (non-hydrogen) atoms. The smallest absolute Gasteiger partial charge is 0.313 e. The normalized spacial score (nSPS) is 14.2. The summed E-state index contributed by atoms with van der Waals surface area (Å²) in [6, 6.07) is 12.9. The van der Waals surface area contributed by atoms with Crippen molar-refractivity contribution in [3.8, 4) is 0 Å². The van der Waals surface area contributed by atoms with E-state index in [1.54, 1.807) is 6.33 Å². The Hall–Kier alpha value is -2.34. The third-order valence-electron chi connectivity index (χ3n) is 4.31. The Morgan fingerprint density at radius 2 is 2.00 bits per heavy atom. The lowest BCUT2D eigenvalue weighted by molar-refractivity contribution is -0.133. The first kappa shape index (κ1) is 15.2. The highest BCUT2D eigenvalue weighted by Crippen LogP contribution is 2.43. The van der Waals surface area contributed by atoms with E-state index < -0.39 is 5.97 Å². The Labute approximate surface area is 143 Å². The van der Waals surface area contributed by atoms with E-state index in [1.165, 1.54) is 46.5 Å². The van der Waals surface area contributed by atoms with Crippen molar-refractivity contribution in [3.05, 3.63) is 53.9 Å². The van der Waals surface area contributed by atoms with Crippen LogP contribution in [0.4, 0.5) is 0 Å². The molecule has 1 aromatic heterocycles. The number of hydrogen-bond acceptors (Lipinski definition) is 4. The first-order valence-electron chi connectivity index (χ1n) is 7.95. The standard InChI is InChI=1S/C18H17N3O2S/c22-17(23)10-24-18-20-19-11-21(18)9-13-7-8-15(12-5-6-12)16-4-2-1-3-14(13)16/h1-4,7-8,11-12H,5-6,9-10H2,(H,22,23). The van der Waals surface area contributed by atoms with Crippen molar-refractivity contribution in [2.45, 2.75) is 30.5 Å². The second kappa shape index (κ2) is 6.28. The summed E-state index contributed by atoms with van der Waals surface area (Å²) in [6.07, 6.45) is 4.23. The van der Waals surface area contributed by atoms with Gasteiger partial charge in [-0.2, -0.15) is 0 Å². The number of rotatable bonds is 6. The number of thioether (sulfide) groups is 1. The lowest BCUT2D eigenvalue weighted by Crippen LogP contribution is -2.04. The van der Waals surface area contributed by atoms with E-state index in [0.717, 1.165) is 0 Å².